The molecular weight excluding hydrogens is 142 g/mol. The van der Waals surface area contributed by atoms with Crippen LogP contribution in [0.3, 0.4) is 0 Å². The number of rotatable bonds is 0. The molecule has 38 valence electrons. The van der Waals surface area contributed by atoms with Crippen molar-refractivity contribution in [2.75, 3.05) is 0 Å². The van der Waals surface area contributed by atoms with Gasteiger partial charge in [0.25, 0.3) is 0 Å². The van der Waals surface area contributed by atoms with E-state index in [0.29, 0.717) is 6.04 Å². The topological polar surface area (TPSA) is 26.0 Å². The van der Waals surface area contributed by atoms with Crippen LogP contribution in [0.15, 0.2) is 0 Å². The summed E-state index contributed by atoms with van der Waals surface area (Å²) in [5, 5.41) is 0. The van der Waals surface area contributed by atoms with Gasteiger partial charge in [-0.2, -0.15) is 0 Å². The van der Waals surface area contributed by atoms with Gasteiger partial charge in [-0.3, -0.25) is 0 Å². The van der Waals surface area contributed by atoms with Gasteiger partial charge in [-0.05, 0) is 12.8 Å². The summed E-state index contributed by atoms with van der Waals surface area (Å²) in [6, 6.07) is 0.565. The fraction of sp³-hybridized carbons (Fsp3) is 1.00. The van der Waals surface area contributed by atoms with Crippen molar-refractivity contribution in [2.24, 2.45) is 5.73 Å². The monoisotopic (exact) mass is 151 g/mol. The highest BCUT2D eigenvalue weighted by atomic mass is 79.9. The van der Waals surface area contributed by atoms with Crippen molar-refractivity contribution in [1.29, 1.82) is 0 Å². The largest absolute Gasteiger partial charge is 0.328 e. The van der Waals surface area contributed by atoms with E-state index in [2.05, 4.69) is 0 Å². The highest BCUT2D eigenvalue weighted by Crippen LogP contribution is 2.14. The fourth-order valence-corrected chi connectivity index (χ4v) is 0.440. The SMILES string of the molecule is Br.NC1CCC1. The molecule has 1 aliphatic rings. The molecule has 1 nitrogen and oxygen atoms in total. The van der Waals surface area contributed by atoms with Gasteiger partial charge in [-0.1, -0.05) is 6.42 Å². The standard InChI is InChI=1S/C4H9N.BrH/c5-4-2-1-3-4;/h4H,1-3,5H2;1H. The van der Waals surface area contributed by atoms with Crippen LogP contribution in [0.2, 0.25) is 0 Å². The highest BCUT2D eigenvalue weighted by molar-refractivity contribution is 8.93. The Morgan fingerprint density at radius 3 is 1.67 bits per heavy atom. The lowest BCUT2D eigenvalue weighted by molar-refractivity contribution is 0.418. The van der Waals surface area contributed by atoms with E-state index in [1.807, 2.05) is 0 Å². The molecule has 2 N–H and O–H groups in total. The predicted molar refractivity (Wildman–Crippen MR) is 32.1 cm³/mol. The summed E-state index contributed by atoms with van der Waals surface area (Å²) in [5.74, 6) is 0. The normalized spacial score (nSPS) is 21.5. The quantitative estimate of drug-likeness (QED) is 0.552. The smallest absolute Gasteiger partial charge is 0.00388 e. The van der Waals surface area contributed by atoms with Crippen LogP contribution in [0.5, 0.6) is 0 Å². The molecule has 0 radical (unpaired) electrons. The van der Waals surface area contributed by atoms with Crippen molar-refractivity contribution in [3.05, 3.63) is 0 Å². The van der Waals surface area contributed by atoms with Crippen molar-refractivity contribution in [3.63, 3.8) is 0 Å². The second kappa shape index (κ2) is 2.59. The molecule has 0 bridgehead atoms. The molecule has 6 heavy (non-hydrogen) atoms. The molecule has 0 spiro atoms. The van der Waals surface area contributed by atoms with Gasteiger partial charge in [0.1, 0.15) is 0 Å². The first-order valence-corrected chi connectivity index (χ1v) is 2.15. The third-order valence-corrected chi connectivity index (χ3v) is 1.15. The van der Waals surface area contributed by atoms with Crippen LogP contribution >= 0.6 is 17.0 Å². The molecule has 0 amide bonds. The minimum atomic E-state index is 0. The van der Waals surface area contributed by atoms with Crippen LogP contribution in [-0.2, 0) is 0 Å². The maximum Gasteiger partial charge on any atom is 0.00388 e. The van der Waals surface area contributed by atoms with Gasteiger partial charge in [0.2, 0.25) is 0 Å². The second-order valence-electron chi connectivity index (χ2n) is 1.69. The van der Waals surface area contributed by atoms with Gasteiger partial charge in [0, 0.05) is 6.04 Å². The number of hydrogen-bond donors (Lipinski definition) is 1. The molecule has 1 aliphatic carbocycles. The molecule has 1 fully saturated rings. The van der Waals surface area contributed by atoms with Crippen molar-refractivity contribution in [3.8, 4) is 0 Å². The first-order chi connectivity index (χ1) is 2.39. The fourth-order valence-electron chi connectivity index (χ4n) is 0.440. The molecule has 0 aliphatic heterocycles. The van der Waals surface area contributed by atoms with E-state index in [-0.39, 0.29) is 17.0 Å². The first-order valence-electron chi connectivity index (χ1n) is 2.15. The van der Waals surface area contributed by atoms with E-state index >= 15 is 0 Å². The van der Waals surface area contributed by atoms with E-state index in [9.17, 15) is 0 Å². The van der Waals surface area contributed by atoms with Gasteiger partial charge in [-0.15, -0.1) is 17.0 Å². The third-order valence-electron chi connectivity index (χ3n) is 1.15. The molecule has 0 aromatic rings. The summed E-state index contributed by atoms with van der Waals surface area (Å²) in [4.78, 5) is 0. The summed E-state index contributed by atoms with van der Waals surface area (Å²) >= 11 is 0. The Morgan fingerprint density at radius 2 is 1.67 bits per heavy atom. The second-order valence-corrected chi connectivity index (χ2v) is 1.69. The van der Waals surface area contributed by atoms with E-state index in [1.54, 1.807) is 0 Å². The zero-order chi connectivity index (χ0) is 3.70. The van der Waals surface area contributed by atoms with Crippen LogP contribution in [0.4, 0.5) is 0 Å². The third kappa shape index (κ3) is 1.27. The maximum atomic E-state index is 5.38. The Balaban J connectivity index is 0.000000250. The Morgan fingerprint density at radius 1 is 1.33 bits per heavy atom. The van der Waals surface area contributed by atoms with Crippen LogP contribution < -0.4 is 5.73 Å². The van der Waals surface area contributed by atoms with Crippen LogP contribution in [0.1, 0.15) is 19.3 Å². The highest BCUT2D eigenvalue weighted by Gasteiger charge is 2.09. The average Bonchev–Trinajstić information content (AvgIpc) is 1.30. The van der Waals surface area contributed by atoms with Crippen LogP contribution in [0, 0.1) is 0 Å². The van der Waals surface area contributed by atoms with E-state index in [1.165, 1.54) is 19.3 Å². The van der Waals surface area contributed by atoms with Gasteiger partial charge < -0.3 is 5.73 Å². The lowest BCUT2D eigenvalue weighted by atomic mass is 9.95. The number of hydrogen-bond acceptors (Lipinski definition) is 1. The summed E-state index contributed by atoms with van der Waals surface area (Å²) < 4.78 is 0. The van der Waals surface area contributed by atoms with Gasteiger partial charge in [-0.25, -0.2) is 0 Å². The zero-order valence-corrected chi connectivity index (χ0v) is 5.40. The molecule has 0 atom stereocenters. The number of nitrogens with two attached hydrogens (primary N) is 1. The lowest BCUT2D eigenvalue weighted by Crippen LogP contribution is -2.27. The van der Waals surface area contributed by atoms with Crippen molar-refractivity contribution in [2.45, 2.75) is 25.3 Å². The van der Waals surface area contributed by atoms with Crippen LogP contribution in [-0.4, -0.2) is 6.04 Å². The molecule has 2 heteroatoms. The zero-order valence-electron chi connectivity index (χ0n) is 3.68. The summed E-state index contributed by atoms with van der Waals surface area (Å²) in [7, 11) is 0. The Labute approximate surface area is 48.7 Å². The van der Waals surface area contributed by atoms with Crippen molar-refractivity contribution in [1.82, 2.24) is 0 Å². The Hall–Kier alpha value is 0.440. The molecular formula is C4H10BrN. The molecule has 0 unspecified atom stereocenters. The summed E-state index contributed by atoms with van der Waals surface area (Å²) in [6.07, 6.45) is 3.89. The van der Waals surface area contributed by atoms with Crippen LogP contribution in [0.25, 0.3) is 0 Å². The van der Waals surface area contributed by atoms with Crippen molar-refractivity contribution < 1.29 is 0 Å². The minimum Gasteiger partial charge on any atom is -0.328 e. The molecule has 0 heterocycles. The molecule has 1 saturated carbocycles. The van der Waals surface area contributed by atoms with Gasteiger partial charge >= 0.3 is 0 Å². The Bertz CT molecular complexity index is 34.5. The first kappa shape index (κ1) is 6.44. The van der Waals surface area contributed by atoms with Crippen molar-refractivity contribution >= 4 is 17.0 Å². The van der Waals surface area contributed by atoms with E-state index in [0.717, 1.165) is 0 Å². The predicted octanol–water partition coefficient (Wildman–Crippen LogP) is 1.08. The molecule has 0 saturated heterocycles. The molecule has 0 aromatic carbocycles. The maximum absolute atomic E-state index is 5.38. The average molecular weight is 152 g/mol. The molecule has 1 rings (SSSR count). The lowest BCUT2D eigenvalue weighted by Gasteiger charge is -2.18. The van der Waals surface area contributed by atoms with Gasteiger partial charge in [0.05, 0.1) is 0 Å². The number of halogens is 1. The summed E-state index contributed by atoms with van der Waals surface area (Å²) in [6.45, 7) is 0. The minimum absolute atomic E-state index is 0. The molecule has 0 aromatic heterocycles. The van der Waals surface area contributed by atoms with E-state index < -0.39 is 0 Å². The Kier molecular flexibility index (Phi) is 2.78. The van der Waals surface area contributed by atoms with E-state index in [4.69, 9.17) is 5.73 Å². The summed E-state index contributed by atoms with van der Waals surface area (Å²) in [5.41, 5.74) is 5.38. The van der Waals surface area contributed by atoms with Gasteiger partial charge in [0.15, 0.2) is 0 Å².